The summed E-state index contributed by atoms with van der Waals surface area (Å²) in [6, 6.07) is 13.6. The molecule has 1 N–H and O–H groups in total. The molecular formula is C16H17N3O3. The number of hydrazone groups is 1. The Kier molecular flexibility index (Phi) is 5.08. The van der Waals surface area contributed by atoms with Crippen molar-refractivity contribution in [2.24, 2.45) is 5.10 Å². The van der Waals surface area contributed by atoms with Crippen LogP contribution in [0.15, 0.2) is 53.6 Å². The quantitative estimate of drug-likeness (QED) is 0.499. The van der Waals surface area contributed by atoms with Gasteiger partial charge in [-0.25, -0.2) is 0 Å². The van der Waals surface area contributed by atoms with E-state index in [0.29, 0.717) is 5.69 Å². The van der Waals surface area contributed by atoms with Gasteiger partial charge in [-0.3, -0.25) is 15.5 Å². The first-order valence-corrected chi connectivity index (χ1v) is 6.85. The van der Waals surface area contributed by atoms with Gasteiger partial charge in [-0.2, -0.15) is 5.10 Å². The van der Waals surface area contributed by atoms with Gasteiger partial charge in [0.25, 0.3) is 5.69 Å². The number of non-ortho nitro benzene ring substituents is 1. The van der Waals surface area contributed by atoms with Crippen molar-refractivity contribution in [3.63, 3.8) is 0 Å². The smallest absolute Gasteiger partial charge is 0.269 e. The van der Waals surface area contributed by atoms with Gasteiger partial charge in [0.1, 0.15) is 5.75 Å². The lowest BCUT2D eigenvalue weighted by Gasteiger charge is -2.11. The molecule has 0 saturated carbocycles. The first-order chi connectivity index (χ1) is 10.6. The maximum Gasteiger partial charge on any atom is 0.269 e. The Morgan fingerprint density at radius 3 is 2.50 bits per heavy atom. The maximum absolute atomic E-state index is 10.6. The molecule has 2 aromatic rings. The summed E-state index contributed by atoms with van der Waals surface area (Å²) in [5.74, 6) is 0.756. The van der Waals surface area contributed by atoms with E-state index in [2.05, 4.69) is 10.5 Å². The van der Waals surface area contributed by atoms with E-state index in [4.69, 9.17) is 4.74 Å². The number of ether oxygens (including phenoxy) is 1. The van der Waals surface area contributed by atoms with Gasteiger partial charge < -0.3 is 4.74 Å². The maximum atomic E-state index is 10.6. The second-order valence-corrected chi connectivity index (χ2v) is 4.88. The van der Waals surface area contributed by atoms with E-state index in [1.165, 1.54) is 12.1 Å². The SMILES string of the molecule is CC(C)Oc1ccccc1C=NNc1ccc([N+](=O)[O-])cc1. The Balaban J connectivity index is 2.05. The summed E-state index contributed by atoms with van der Waals surface area (Å²) in [5.41, 5.74) is 4.40. The van der Waals surface area contributed by atoms with Crippen molar-refractivity contribution in [2.75, 3.05) is 5.43 Å². The Bertz CT molecular complexity index is 667. The van der Waals surface area contributed by atoms with Crippen molar-refractivity contribution in [1.29, 1.82) is 0 Å². The van der Waals surface area contributed by atoms with E-state index < -0.39 is 4.92 Å². The van der Waals surface area contributed by atoms with Crippen LogP contribution in [0.5, 0.6) is 5.75 Å². The normalized spacial score (nSPS) is 10.9. The minimum atomic E-state index is -0.438. The van der Waals surface area contributed by atoms with Crippen LogP contribution in [0.25, 0.3) is 0 Å². The van der Waals surface area contributed by atoms with Gasteiger partial charge in [0.05, 0.1) is 22.9 Å². The predicted molar refractivity (Wildman–Crippen MR) is 86.5 cm³/mol. The molecule has 6 nitrogen and oxygen atoms in total. The lowest BCUT2D eigenvalue weighted by molar-refractivity contribution is -0.384. The molecule has 114 valence electrons. The van der Waals surface area contributed by atoms with Crippen molar-refractivity contribution in [1.82, 2.24) is 0 Å². The average Bonchev–Trinajstić information content (AvgIpc) is 2.49. The second-order valence-electron chi connectivity index (χ2n) is 4.88. The monoisotopic (exact) mass is 299 g/mol. The Labute approximate surface area is 128 Å². The molecule has 2 rings (SSSR count). The van der Waals surface area contributed by atoms with Crippen LogP contribution in [0.1, 0.15) is 19.4 Å². The molecule has 0 spiro atoms. The molecule has 2 aromatic carbocycles. The molecule has 0 fully saturated rings. The topological polar surface area (TPSA) is 76.8 Å². The molecule has 6 heteroatoms. The largest absolute Gasteiger partial charge is 0.490 e. The van der Waals surface area contributed by atoms with Crippen molar-refractivity contribution in [3.8, 4) is 5.75 Å². The first-order valence-electron chi connectivity index (χ1n) is 6.85. The van der Waals surface area contributed by atoms with Crippen LogP contribution in [0.2, 0.25) is 0 Å². The number of hydrogen-bond donors (Lipinski definition) is 1. The molecule has 0 atom stereocenters. The molecule has 0 unspecified atom stereocenters. The van der Waals surface area contributed by atoms with Gasteiger partial charge >= 0.3 is 0 Å². The zero-order valence-electron chi connectivity index (χ0n) is 12.4. The number of nitrogens with zero attached hydrogens (tertiary/aromatic N) is 2. The minimum Gasteiger partial charge on any atom is -0.490 e. The standard InChI is InChI=1S/C16H17N3O3/c1-12(2)22-16-6-4-3-5-13(16)11-17-18-14-7-9-15(10-8-14)19(20)21/h3-12,18H,1-2H3. The molecule has 0 radical (unpaired) electrons. The number of rotatable bonds is 6. The van der Waals surface area contributed by atoms with E-state index in [1.54, 1.807) is 18.3 Å². The molecule has 0 aliphatic heterocycles. The van der Waals surface area contributed by atoms with Crippen LogP contribution < -0.4 is 10.2 Å². The zero-order chi connectivity index (χ0) is 15.9. The Morgan fingerprint density at radius 1 is 1.18 bits per heavy atom. The summed E-state index contributed by atoms with van der Waals surface area (Å²) in [5, 5.41) is 14.7. The molecule has 22 heavy (non-hydrogen) atoms. The summed E-state index contributed by atoms with van der Waals surface area (Å²) in [6.45, 7) is 3.92. The third kappa shape index (κ3) is 4.31. The van der Waals surface area contributed by atoms with Gasteiger partial charge in [-0.1, -0.05) is 12.1 Å². The van der Waals surface area contributed by atoms with Gasteiger partial charge in [0, 0.05) is 17.7 Å². The number of benzene rings is 2. The van der Waals surface area contributed by atoms with Crippen LogP contribution in [0, 0.1) is 10.1 Å². The highest BCUT2D eigenvalue weighted by molar-refractivity contribution is 5.84. The van der Waals surface area contributed by atoms with E-state index in [9.17, 15) is 10.1 Å². The van der Waals surface area contributed by atoms with Crippen LogP contribution >= 0.6 is 0 Å². The van der Waals surface area contributed by atoms with Crippen molar-refractivity contribution >= 4 is 17.6 Å². The van der Waals surface area contributed by atoms with Gasteiger partial charge in [-0.15, -0.1) is 0 Å². The Morgan fingerprint density at radius 2 is 1.86 bits per heavy atom. The molecule has 0 aromatic heterocycles. The fourth-order valence-electron chi connectivity index (χ4n) is 1.78. The third-order valence-corrected chi connectivity index (χ3v) is 2.76. The molecule has 0 amide bonds. The van der Waals surface area contributed by atoms with E-state index >= 15 is 0 Å². The highest BCUT2D eigenvalue weighted by atomic mass is 16.6. The lowest BCUT2D eigenvalue weighted by Crippen LogP contribution is -2.07. The lowest BCUT2D eigenvalue weighted by atomic mass is 10.2. The first kappa shape index (κ1) is 15.5. The number of nitro benzene ring substituents is 1. The van der Waals surface area contributed by atoms with Gasteiger partial charge in [0.15, 0.2) is 0 Å². The fourth-order valence-corrected chi connectivity index (χ4v) is 1.78. The number of para-hydroxylation sites is 1. The molecule has 0 heterocycles. The average molecular weight is 299 g/mol. The highest BCUT2D eigenvalue weighted by Gasteiger charge is 2.04. The number of hydrogen-bond acceptors (Lipinski definition) is 5. The predicted octanol–water partition coefficient (Wildman–Crippen LogP) is 3.83. The van der Waals surface area contributed by atoms with Crippen molar-refractivity contribution in [3.05, 3.63) is 64.2 Å². The molecule has 0 aliphatic rings. The summed E-state index contributed by atoms with van der Waals surface area (Å²) < 4.78 is 5.70. The van der Waals surface area contributed by atoms with E-state index in [-0.39, 0.29) is 11.8 Å². The van der Waals surface area contributed by atoms with Gasteiger partial charge in [0.2, 0.25) is 0 Å². The number of nitro groups is 1. The highest BCUT2D eigenvalue weighted by Crippen LogP contribution is 2.18. The summed E-state index contributed by atoms with van der Waals surface area (Å²) in [6.07, 6.45) is 1.73. The third-order valence-electron chi connectivity index (χ3n) is 2.76. The number of nitrogens with one attached hydrogen (secondary N) is 1. The van der Waals surface area contributed by atoms with Gasteiger partial charge in [-0.05, 0) is 38.1 Å². The minimum absolute atomic E-state index is 0.0465. The molecule has 0 saturated heterocycles. The summed E-state index contributed by atoms with van der Waals surface area (Å²) >= 11 is 0. The zero-order valence-corrected chi connectivity index (χ0v) is 12.4. The van der Waals surface area contributed by atoms with Crippen molar-refractivity contribution in [2.45, 2.75) is 20.0 Å². The fraction of sp³-hybridized carbons (Fsp3) is 0.188. The van der Waals surface area contributed by atoms with E-state index in [0.717, 1.165) is 11.3 Å². The van der Waals surface area contributed by atoms with Crippen LogP contribution in [0.4, 0.5) is 11.4 Å². The van der Waals surface area contributed by atoms with Crippen molar-refractivity contribution < 1.29 is 9.66 Å². The summed E-state index contributed by atoms with van der Waals surface area (Å²) in [7, 11) is 0. The Hall–Kier alpha value is -2.89. The summed E-state index contributed by atoms with van der Waals surface area (Å²) in [4.78, 5) is 10.1. The van der Waals surface area contributed by atoms with Crippen LogP contribution in [-0.2, 0) is 0 Å². The second kappa shape index (κ2) is 7.21. The van der Waals surface area contributed by atoms with Crippen LogP contribution in [-0.4, -0.2) is 17.2 Å². The van der Waals surface area contributed by atoms with Crippen LogP contribution in [0.3, 0.4) is 0 Å². The molecule has 0 bridgehead atoms. The molecule has 0 aliphatic carbocycles. The molecular weight excluding hydrogens is 282 g/mol. The number of anilines is 1. The van der Waals surface area contributed by atoms with E-state index in [1.807, 2.05) is 38.1 Å².